The van der Waals surface area contributed by atoms with Gasteiger partial charge in [-0.25, -0.2) is 4.79 Å². The van der Waals surface area contributed by atoms with Gasteiger partial charge in [0, 0.05) is 5.39 Å². The minimum Gasteiger partial charge on any atom is -0.480 e. The van der Waals surface area contributed by atoms with Gasteiger partial charge in [-0.3, -0.25) is 19.5 Å². The third-order valence-corrected chi connectivity index (χ3v) is 4.10. The van der Waals surface area contributed by atoms with Crippen LogP contribution < -0.4 is 0 Å². The second-order valence-electron chi connectivity index (χ2n) is 5.59. The van der Waals surface area contributed by atoms with E-state index in [0.29, 0.717) is 23.0 Å². The molecule has 0 spiro atoms. The first-order valence-electron chi connectivity index (χ1n) is 7.47. The maximum Gasteiger partial charge on any atom is 0.326 e. The Morgan fingerprint density at radius 2 is 1.87 bits per heavy atom. The molecule has 1 N–H and O–H groups in total. The number of carboxylic acids is 1. The van der Waals surface area contributed by atoms with E-state index in [-0.39, 0.29) is 17.5 Å². The normalized spacial score (nSPS) is 15.1. The third kappa shape index (κ3) is 2.18. The van der Waals surface area contributed by atoms with E-state index in [4.69, 9.17) is 0 Å². The largest absolute Gasteiger partial charge is 0.480 e. The minimum atomic E-state index is -1.17. The molecule has 6 heteroatoms. The lowest BCUT2D eigenvalue weighted by Gasteiger charge is -2.21. The monoisotopic (exact) mass is 312 g/mol. The summed E-state index contributed by atoms with van der Waals surface area (Å²) in [6.45, 7) is 3.48. The molecular weight excluding hydrogens is 296 g/mol. The zero-order chi connectivity index (χ0) is 16.7. The van der Waals surface area contributed by atoms with Crippen molar-refractivity contribution in [3.8, 4) is 0 Å². The first kappa shape index (κ1) is 15.1. The molecule has 23 heavy (non-hydrogen) atoms. The highest BCUT2D eigenvalue weighted by Gasteiger charge is 2.44. The summed E-state index contributed by atoms with van der Waals surface area (Å²) in [4.78, 5) is 42.2. The Bertz CT molecular complexity index is 844. The van der Waals surface area contributed by atoms with Gasteiger partial charge >= 0.3 is 5.97 Å². The van der Waals surface area contributed by atoms with Crippen LogP contribution in [0.5, 0.6) is 0 Å². The molecule has 3 rings (SSSR count). The Morgan fingerprint density at radius 3 is 2.52 bits per heavy atom. The summed E-state index contributed by atoms with van der Waals surface area (Å²) in [7, 11) is 0. The van der Waals surface area contributed by atoms with E-state index in [1.54, 1.807) is 31.2 Å². The zero-order valence-corrected chi connectivity index (χ0v) is 12.9. The van der Waals surface area contributed by atoms with Gasteiger partial charge in [-0.15, -0.1) is 0 Å². The number of hydrogen-bond acceptors (Lipinski definition) is 4. The zero-order valence-electron chi connectivity index (χ0n) is 12.9. The molecule has 0 aliphatic carbocycles. The second kappa shape index (κ2) is 5.46. The first-order valence-corrected chi connectivity index (χ1v) is 7.47. The molecule has 0 radical (unpaired) electrons. The lowest BCUT2D eigenvalue weighted by atomic mass is 10.0. The van der Waals surface area contributed by atoms with Crippen molar-refractivity contribution in [2.24, 2.45) is 0 Å². The Labute approximate surface area is 132 Å². The number of para-hydroxylation sites is 1. The molecule has 2 amide bonds. The number of aromatic nitrogens is 1. The number of hydrogen-bond donors (Lipinski definition) is 1. The SMILES string of the molecule is CCCC(C(=O)O)N1C(=O)c2c(C)nc3ccccc3c2C1=O. The number of carboxylic acid groups (broad SMARTS) is 1. The number of fused-ring (bicyclic) bond motifs is 3. The van der Waals surface area contributed by atoms with Crippen molar-refractivity contribution in [2.75, 3.05) is 0 Å². The average Bonchev–Trinajstić information content (AvgIpc) is 2.77. The summed E-state index contributed by atoms with van der Waals surface area (Å²) in [6, 6.07) is 5.91. The van der Waals surface area contributed by atoms with Gasteiger partial charge in [0.1, 0.15) is 6.04 Å². The second-order valence-corrected chi connectivity index (χ2v) is 5.59. The number of aliphatic carboxylic acids is 1. The molecule has 6 nitrogen and oxygen atoms in total. The van der Waals surface area contributed by atoms with E-state index < -0.39 is 23.8 Å². The molecule has 0 bridgehead atoms. The van der Waals surface area contributed by atoms with Crippen molar-refractivity contribution < 1.29 is 19.5 Å². The number of aryl methyl sites for hydroxylation is 1. The minimum absolute atomic E-state index is 0.219. The number of benzene rings is 1. The fourth-order valence-corrected chi connectivity index (χ4v) is 3.07. The molecule has 1 unspecified atom stereocenters. The van der Waals surface area contributed by atoms with Gasteiger partial charge < -0.3 is 5.11 Å². The van der Waals surface area contributed by atoms with Crippen molar-refractivity contribution in [3.63, 3.8) is 0 Å². The molecule has 0 saturated carbocycles. The van der Waals surface area contributed by atoms with Crippen molar-refractivity contribution >= 4 is 28.7 Å². The van der Waals surface area contributed by atoms with Crippen LogP contribution in [-0.2, 0) is 4.79 Å². The average molecular weight is 312 g/mol. The molecule has 118 valence electrons. The lowest BCUT2D eigenvalue weighted by Crippen LogP contribution is -2.44. The van der Waals surface area contributed by atoms with Gasteiger partial charge in [0.2, 0.25) is 0 Å². The summed E-state index contributed by atoms with van der Waals surface area (Å²) >= 11 is 0. The fourth-order valence-electron chi connectivity index (χ4n) is 3.07. The summed E-state index contributed by atoms with van der Waals surface area (Å²) in [5.41, 5.74) is 1.55. The summed E-state index contributed by atoms with van der Waals surface area (Å²) in [6.07, 6.45) is 0.785. The lowest BCUT2D eigenvalue weighted by molar-refractivity contribution is -0.141. The van der Waals surface area contributed by atoms with Gasteiger partial charge in [0.25, 0.3) is 11.8 Å². The molecule has 1 aliphatic heterocycles. The Kier molecular flexibility index (Phi) is 3.60. The smallest absolute Gasteiger partial charge is 0.326 e. The predicted octanol–water partition coefficient (Wildman–Crippen LogP) is 2.39. The molecule has 1 aliphatic rings. The Morgan fingerprint density at radius 1 is 1.22 bits per heavy atom. The number of carbonyl (C=O) groups excluding carboxylic acids is 2. The summed E-state index contributed by atoms with van der Waals surface area (Å²) in [5.74, 6) is -2.29. The fraction of sp³-hybridized carbons (Fsp3) is 0.294. The number of rotatable bonds is 4. The number of nitrogens with zero attached hydrogens (tertiary/aromatic N) is 2. The highest BCUT2D eigenvalue weighted by Crippen LogP contribution is 2.33. The molecule has 1 aromatic carbocycles. The molecule has 1 aromatic heterocycles. The van der Waals surface area contributed by atoms with Crippen LogP contribution in [0.15, 0.2) is 24.3 Å². The molecule has 2 aromatic rings. The third-order valence-electron chi connectivity index (χ3n) is 4.10. The summed E-state index contributed by atoms with van der Waals surface area (Å²) < 4.78 is 0. The van der Waals surface area contributed by atoms with Crippen LogP contribution >= 0.6 is 0 Å². The van der Waals surface area contributed by atoms with Crippen molar-refractivity contribution in [1.82, 2.24) is 9.88 Å². The predicted molar refractivity (Wildman–Crippen MR) is 83.3 cm³/mol. The van der Waals surface area contributed by atoms with E-state index in [1.165, 1.54) is 0 Å². The van der Waals surface area contributed by atoms with Crippen LogP contribution in [0.25, 0.3) is 10.9 Å². The molecule has 2 heterocycles. The van der Waals surface area contributed by atoms with E-state index in [9.17, 15) is 19.5 Å². The number of imide groups is 1. The van der Waals surface area contributed by atoms with Crippen LogP contribution in [0.3, 0.4) is 0 Å². The number of amides is 2. The van der Waals surface area contributed by atoms with E-state index in [2.05, 4.69) is 4.98 Å². The van der Waals surface area contributed by atoms with Crippen LogP contribution in [0.4, 0.5) is 0 Å². The number of carbonyl (C=O) groups is 3. The van der Waals surface area contributed by atoms with Crippen molar-refractivity contribution in [3.05, 3.63) is 41.1 Å². The van der Waals surface area contributed by atoms with E-state index in [1.807, 2.05) is 6.92 Å². The molecule has 1 atom stereocenters. The van der Waals surface area contributed by atoms with Gasteiger partial charge in [-0.05, 0) is 19.4 Å². The highest BCUT2D eigenvalue weighted by molar-refractivity contribution is 6.27. The topological polar surface area (TPSA) is 87.6 Å². The van der Waals surface area contributed by atoms with Crippen LogP contribution in [0.1, 0.15) is 46.2 Å². The van der Waals surface area contributed by atoms with Crippen LogP contribution in [0.2, 0.25) is 0 Å². The van der Waals surface area contributed by atoms with E-state index >= 15 is 0 Å². The highest BCUT2D eigenvalue weighted by atomic mass is 16.4. The van der Waals surface area contributed by atoms with Crippen molar-refractivity contribution in [1.29, 1.82) is 0 Å². The first-order chi connectivity index (χ1) is 11.0. The molecule has 0 fully saturated rings. The summed E-state index contributed by atoms with van der Waals surface area (Å²) in [5, 5.41) is 9.98. The van der Waals surface area contributed by atoms with Crippen LogP contribution in [0, 0.1) is 6.92 Å². The number of pyridine rings is 1. The van der Waals surface area contributed by atoms with Gasteiger partial charge in [0.05, 0.1) is 22.3 Å². The van der Waals surface area contributed by atoms with Gasteiger partial charge in [0.15, 0.2) is 0 Å². The van der Waals surface area contributed by atoms with E-state index in [0.717, 1.165) is 4.90 Å². The molecular formula is C17H16N2O4. The maximum absolute atomic E-state index is 12.8. The van der Waals surface area contributed by atoms with Gasteiger partial charge in [-0.1, -0.05) is 31.5 Å². The maximum atomic E-state index is 12.8. The standard InChI is InChI=1S/C17H16N2O4/c1-3-6-12(17(22)23)19-15(20)13-9(2)18-11-8-5-4-7-10(11)14(13)16(19)21/h4-5,7-8,12H,3,6H2,1-2H3,(H,22,23). The van der Waals surface area contributed by atoms with Gasteiger partial charge in [-0.2, -0.15) is 0 Å². The molecule has 0 saturated heterocycles. The quantitative estimate of drug-likeness (QED) is 0.876. The Balaban J connectivity index is 2.22. The van der Waals surface area contributed by atoms with Crippen LogP contribution in [-0.4, -0.2) is 38.8 Å². The Hall–Kier alpha value is -2.76. The van der Waals surface area contributed by atoms with Crippen molar-refractivity contribution in [2.45, 2.75) is 32.7 Å².